The molecule has 0 fully saturated rings. The third-order valence-corrected chi connectivity index (χ3v) is 6.64. The topological polar surface area (TPSA) is 93.1 Å². The van der Waals surface area contributed by atoms with Gasteiger partial charge in [0.25, 0.3) is 15.9 Å². The van der Waals surface area contributed by atoms with Crippen LogP contribution in [0.5, 0.6) is 0 Å². The molecule has 0 saturated heterocycles. The van der Waals surface area contributed by atoms with Crippen molar-refractivity contribution in [2.24, 2.45) is 0 Å². The number of sulfonamides is 1. The van der Waals surface area contributed by atoms with Crippen LogP contribution in [0.2, 0.25) is 0 Å². The Morgan fingerprint density at radius 2 is 1.65 bits per heavy atom. The van der Waals surface area contributed by atoms with Gasteiger partial charge in [0.15, 0.2) is 5.82 Å². The van der Waals surface area contributed by atoms with Crippen molar-refractivity contribution in [3.63, 3.8) is 0 Å². The van der Waals surface area contributed by atoms with Gasteiger partial charge in [-0.05, 0) is 80.9 Å². The summed E-state index contributed by atoms with van der Waals surface area (Å²) >= 11 is 0. The van der Waals surface area contributed by atoms with Gasteiger partial charge in [0, 0.05) is 16.9 Å². The minimum absolute atomic E-state index is 0.0209. The van der Waals surface area contributed by atoms with Gasteiger partial charge in [-0.25, -0.2) is 17.5 Å². The Balaban J connectivity index is 1.48. The molecule has 1 aromatic heterocycles. The number of hydrogen-bond donors (Lipinski definition) is 2. The highest BCUT2D eigenvalue weighted by molar-refractivity contribution is 7.92. The lowest BCUT2D eigenvalue weighted by molar-refractivity contribution is 0.102. The van der Waals surface area contributed by atoms with Crippen LogP contribution in [0.1, 0.15) is 27.3 Å². The molecule has 4 aromatic rings. The highest BCUT2D eigenvalue weighted by Crippen LogP contribution is 2.22. The van der Waals surface area contributed by atoms with Crippen molar-refractivity contribution >= 4 is 27.3 Å². The predicted molar refractivity (Wildman–Crippen MR) is 129 cm³/mol. The SMILES string of the molecule is Cc1cc(C)n(-c2ccc(NC(=O)c3ccc(S(=O)(=O)Nc4ccccc4C)cc3)cc2F)n1. The van der Waals surface area contributed by atoms with Crippen LogP contribution in [0, 0.1) is 26.6 Å². The molecule has 2 N–H and O–H groups in total. The van der Waals surface area contributed by atoms with Gasteiger partial charge in [0.05, 0.1) is 16.3 Å². The first-order valence-corrected chi connectivity index (χ1v) is 12.0. The van der Waals surface area contributed by atoms with E-state index in [0.29, 0.717) is 5.69 Å². The largest absolute Gasteiger partial charge is 0.322 e. The molecule has 0 bridgehead atoms. The first-order chi connectivity index (χ1) is 16.1. The summed E-state index contributed by atoms with van der Waals surface area (Å²) in [6.07, 6.45) is 0. The van der Waals surface area contributed by atoms with E-state index in [4.69, 9.17) is 0 Å². The van der Waals surface area contributed by atoms with Crippen LogP contribution in [-0.4, -0.2) is 24.1 Å². The molecule has 0 aliphatic heterocycles. The summed E-state index contributed by atoms with van der Waals surface area (Å²) in [6.45, 7) is 5.46. The zero-order valence-electron chi connectivity index (χ0n) is 18.8. The van der Waals surface area contributed by atoms with Crippen LogP contribution in [0.3, 0.4) is 0 Å². The molecule has 0 aliphatic carbocycles. The number of carbonyl (C=O) groups is 1. The highest BCUT2D eigenvalue weighted by Gasteiger charge is 2.17. The van der Waals surface area contributed by atoms with Crippen LogP contribution < -0.4 is 10.0 Å². The number of halogens is 1. The zero-order chi connectivity index (χ0) is 24.5. The Labute approximate surface area is 197 Å². The lowest BCUT2D eigenvalue weighted by Crippen LogP contribution is -2.15. The number of nitrogens with one attached hydrogen (secondary N) is 2. The van der Waals surface area contributed by atoms with Gasteiger partial charge in [-0.15, -0.1) is 0 Å². The average Bonchev–Trinajstić information content (AvgIpc) is 3.13. The normalized spacial score (nSPS) is 11.3. The Kier molecular flexibility index (Phi) is 6.21. The predicted octanol–water partition coefficient (Wildman–Crippen LogP) is 4.99. The molecule has 4 rings (SSSR count). The Bertz CT molecular complexity index is 1480. The summed E-state index contributed by atoms with van der Waals surface area (Å²) in [5.74, 6) is -1.03. The van der Waals surface area contributed by atoms with Crippen molar-refractivity contribution < 1.29 is 17.6 Å². The second-order valence-corrected chi connectivity index (χ2v) is 9.59. The number of aromatic nitrogens is 2. The fourth-order valence-electron chi connectivity index (χ4n) is 3.51. The number of benzene rings is 3. The number of amides is 1. The van der Waals surface area contributed by atoms with Crippen LogP contribution in [0.4, 0.5) is 15.8 Å². The number of anilines is 2. The van der Waals surface area contributed by atoms with E-state index in [2.05, 4.69) is 15.1 Å². The number of para-hydroxylation sites is 1. The molecular formula is C25H23FN4O3S. The van der Waals surface area contributed by atoms with Crippen molar-refractivity contribution in [1.82, 2.24) is 9.78 Å². The van der Waals surface area contributed by atoms with E-state index in [9.17, 15) is 17.6 Å². The molecule has 0 radical (unpaired) electrons. The monoisotopic (exact) mass is 478 g/mol. The molecule has 34 heavy (non-hydrogen) atoms. The quantitative estimate of drug-likeness (QED) is 0.408. The summed E-state index contributed by atoms with van der Waals surface area (Å²) < 4.78 is 44.1. The van der Waals surface area contributed by atoms with Gasteiger partial charge >= 0.3 is 0 Å². The number of rotatable bonds is 6. The molecule has 1 heterocycles. The van der Waals surface area contributed by atoms with E-state index in [0.717, 1.165) is 17.0 Å². The number of nitrogens with zero attached hydrogens (tertiary/aromatic N) is 2. The standard InChI is InChI=1S/C25H23FN4O3S/c1-16-6-4-5-7-23(16)29-34(32,33)21-11-8-19(9-12-21)25(31)27-20-10-13-24(22(26)15-20)30-18(3)14-17(2)28-30/h4-15,29H,1-3H3,(H,27,31). The molecule has 1 amide bonds. The van der Waals surface area contributed by atoms with Gasteiger partial charge in [0.2, 0.25) is 0 Å². The summed E-state index contributed by atoms with van der Waals surface area (Å²) in [6, 6.07) is 18.7. The van der Waals surface area contributed by atoms with Gasteiger partial charge < -0.3 is 5.32 Å². The summed E-state index contributed by atoms with van der Waals surface area (Å²) in [5, 5.41) is 6.90. The van der Waals surface area contributed by atoms with Gasteiger partial charge in [-0.1, -0.05) is 18.2 Å². The van der Waals surface area contributed by atoms with E-state index in [1.807, 2.05) is 26.0 Å². The summed E-state index contributed by atoms with van der Waals surface area (Å²) in [7, 11) is -3.82. The second-order valence-electron chi connectivity index (χ2n) is 7.90. The molecule has 0 unspecified atom stereocenters. The fraction of sp³-hybridized carbons (Fsp3) is 0.120. The van der Waals surface area contributed by atoms with Crippen molar-refractivity contribution in [3.8, 4) is 5.69 Å². The first-order valence-electron chi connectivity index (χ1n) is 10.5. The fourth-order valence-corrected chi connectivity index (χ4v) is 4.64. The van der Waals surface area contributed by atoms with E-state index in [1.54, 1.807) is 31.2 Å². The average molecular weight is 479 g/mol. The molecule has 0 aliphatic rings. The first kappa shape index (κ1) is 23.2. The molecule has 0 atom stereocenters. The second kappa shape index (κ2) is 9.11. The number of aryl methyl sites for hydroxylation is 3. The van der Waals surface area contributed by atoms with E-state index >= 15 is 0 Å². The maximum Gasteiger partial charge on any atom is 0.261 e. The van der Waals surface area contributed by atoms with Gasteiger partial charge in [-0.2, -0.15) is 5.10 Å². The molecule has 0 saturated carbocycles. The third kappa shape index (κ3) is 4.84. The van der Waals surface area contributed by atoms with Crippen LogP contribution in [-0.2, 0) is 10.0 Å². The van der Waals surface area contributed by atoms with Crippen LogP contribution >= 0.6 is 0 Å². The Hall–Kier alpha value is -3.98. The lowest BCUT2D eigenvalue weighted by Gasteiger charge is -2.11. The summed E-state index contributed by atoms with van der Waals surface area (Å²) in [5.41, 5.74) is 3.62. The van der Waals surface area contributed by atoms with E-state index in [1.165, 1.54) is 41.1 Å². The van der Waals surface area contributed by atoms with Crippen molar-refractivity contribution in [1.29, 1.82) is 0 Å². The molecule has 9 heteroatoms. The molecule has 174 valence electrons. The third-order valence-electron chi connectivity index (χ3n) is 5.26. The minimum atomic E-state index is -3.82. The van der Waals surface area contributed by atoms with E-state index < -0.39 is 21.7 Å². The van der Waals surface area contributed by atoms with Gasteiger partial charge in [-0.3, -0.25) is 9.52 Å². The van der Waals surface area contributed by atoms with Crippen LogP contribution in [0.25, 0.3) is 5.69 Å². The Morgan fingerprint density at radius 1 is 0.941 bits per heavy atom. The maximum absolute atomic E-state index is 14.7. The van der Waals surface area contributed by atoms with Crippen molar-refractivity contribution in [2.75, 3.05) is 10.0 Å². The summed E-state index contributed by atoms with van der Waals surface area (Å²) in [4.78, 5) is 12.6. The zero-order valence-corrected chi connectivity index (χ0v) is 19.7. The molecular weight excluding hydrogens is 455 g/mol. The maximum atomic E-state index is 14.7. The Morgan fingerprint density at radius 3 is 2.26 bits per heavy atom. The molecule has 3 aromatic carbocycles. The highest BCUT2D eigenvalue weighted by atomic mass is 32.2. The van der Waals surface area contributed by atoms with Crippen molar-refractivity contribution in [2.45, 2.75) is 25.7 Å². The molecule has 7 nitrogen and oxygen atoms in total. The molecule has 0 spiro atoms. The number of hydrogen-bond acceptors (Lipinski definition) is 4. The van der Waals surface area contributed by atoms with Crippen LogP contribution in [0.15, 0.2) is 77.7 Å². The van der Waals surface area contributed by atoms with Crippen molar-refractivity contribution in [3.05, 3.63) is 101 Å². The number of carbonyl (C=O) groups excluding carboxylic acids is 1. The smallest absolute Gasteiger partial charge is 0.261 e. The van der Waals surface area contributed by atoms with E-state index in [-0.39, 0.29) is 21.8 Å². The van der Waals surface area contributed by atoms with Gasteiger partial charge in [0.1, 0.15) is 5.69 Å². The lowest BCUT2D eigenvalue weighted by atomic mass is 10.2. The minimum Gasteiger partial charge on any atom is -0.322 e.